The van der Waals surface area contributed by atoms with Crippen molar-refractivity contribution in [2.45, 2.75) is 31.2 Å². The molecule has 4 aromatic rings. The molecular weight excluding hydrogens is 400 g/mol. The van der Waals surface area contributed by atoms with Crippen LogP contribution in [0.5, 0.6) is 0 Å². The molecule has 0 bridgehead atoms. The fraction of sp³-hybridized carbons (Fsp3) is 0.318. The normalized spacial score (nSPS) is 16.2. The van der Waals surface area contributed by atoms with Crippen LogP contribution < -0.4 is 5.73 Å². The van der Waals surface area contributed by atoms with E-state index in [9.17, 15) is 0 Å². The topological polar surface area (TPSA) is 83.3 Å². The number of anilines is 1. The van der Waals surface area contributed by atoms with Crippen LogP contribution in [0.4, 0.5) is 5.82 Å². The lowest BCUT2D eigenvalue weighted by Gasteiger charge is -2.24. The van der Waals surface area contributed by atoms with Gasteiger partial charge in [-0.3, -0.25) is 4.68 Å². The fourth-order valence-electron chi connectivity index (χ4n) is 4.16. The zero-order valence-electron chi connectivity index (χ0n) is 16.7. The maximum Gasteiger partial charge on any atom is 0.152 e. The Bertz CT molecular complexity index is 1190. The molecule has 1 fully saturated rings. The molecule has 30 heavy (non-hydrogen) atoms. The van der Waals surface area contributed by atoms with Gasteiger partial charge in [-0.05, 0) is 43.5 Å². The Morgan fingerprint density at radius 2 is 1.97 bits per heavy atom. The minimum absolute atomic E-state index is 0.0784. The molecule has 154 valence electrons. The number of alkyl halides is 1. The van der Waals surface area contributed by atoms with E-state index in [0.29, 0.717) is 11.9 Å². The van der Waals surface area contributed by atoms with Gasteiger partial charge in [0.1, 0.15) is 11.8 Å². The highest BCUT2D eigenvalue weighted by Crippen LogP contribution is 2.37. The number of ether oxygens (including phenoxy) is 1. The first-order valence-corrected chi connectivity index (χ1v) is 10.6. The molecular formula is C22H23ClN6O. The number of rotatable bonds is 4. The van der Waals surface area contributed by atoms with Gasteiger partial charge in [0.05, 0.1) is 22.8 Å². The molecule has 0 radical (unpaired) electrons. The summed E-state index contributed by atoms with van der Waals surface area (Å²) in [6.07, 6.45) is 5.20. The largest absolute Gasteiger partial charge is 0.382 e. The fourth-order valence-corrected chi connectivity index (χ4v) is 4.30. The van der Waals surface area contributed by atoms with Crippen molar-refractivity contribution in [3.63, 3.8) is 0 Å². The summed E-state index contributed by atoms with van der Waals surface area (Å²) in [4.78, 5) is 4.25. The van der Waals surface area contributed by atoms with E-state index in [1.807, 2.05) is 35.8 Å². The van der Waals surface area contributed by atoms with Crippen molar-refractivity contribution >= 4 is 22.9 Å². The number of aromatic nitrogens is 5. The minimum atomic E-state index is -0.0784. The smallest absolute Gasteiger partial charge is 0.152 e. The van der Waals surface area contributed by atoms with E-state index in [4.69, 9.17) is 22.1 Å². The van der Waals surface area contributed by atoms with Gasteiger partial charge in [0, 0.05) is 30.5 Å². The van der Waals surface area contributed by atoms with Crippen LogP contribution in [0.15, 0.2) is 48.9 Å². The van der Waals surface area contributed by atoms with Crippen LogP contribution >= 0.6 is 11.6 Å². The van der Waals surface area contributed by atoms with Gasteiger partial charge >= 0.3 is 0 Å². The second-order valence-corrected chi connectivity index (χ2v) is 8.25. The lowest BCUT2D eigenvalue weighted by molar-refractivity contribution is 0.0667. The van der Waals surface area contributed by atoms with Crippen LogP contribution in [-0.2, 0) is 4.74 Å². The molecule has 1 saturated heterocycles. The zero-order chi connectivity index (χ0) is 20.7. The van der Waals surface area contributed by atoms with Crippen molar-refractivity contribution < 1.29 is 4.74 Å². The Labute approximate surface area is 179 Å². The number of hydrogen-bond acceptors (Lipinski definition) is 5. The standard InChI is InChI=1S/C22H23ClN6O/c1-14(23)15-3-2-4-16(11-15)20-12-18(21-22(24)25-13-27-29(20)21)19-5-8-26-28(19)17-6-9-30-10-7-17/h2-5,8,11-14,17H,6-7,9-10H2,1H3,(H2,24,25,27). The summed E-state index contributed by atoms with van der Waals surface area (Å²) in [5, 5.41) is 9.05. The molecule has 5 rings (SSSR count). The Morgan fingerprint density at radius 3 is 2.77 bits per heavy atom. The molecule has 1 atom stereocenters. The van der Waals surface area contributed by atoms with E-state index >= 15 is 0 Å². The van der Waals surface area contributed by atoms with E-state index in [1.165, 1.54) is 6.33 Å². The number of nitrogens with two attached hydrogens (primary N) is 1. The average Bonchev–Trinajstić information content (AvgIpc) is 3.40. The summed E-state index contributed by atoms with van der Waals surface area (Å²) < 4.78 is 9.48. The van der Waals surface area contributed by atoms with Gasteiger partial charge < -0.3 is 10.5 Å². The average molecular weight is 423 g/mol. The molecule has 0 amide bonds. The summed E-state index contributed by atoms with van der Waals surface area (Å²) in [5.74, 6) is 0.438. The first kappa shape index (κ1) is 19.1. The van der Waals surface area contributed by atoms with Gasteiger partial charge in [0.2, 0.25) is 0 Å². The Balaban J connectivity index is 1.70. The molecule has 7 nitrogen and oxygen atoms in total. The third kappa shape index (κ3) is 3.24. The highest BCUT2D eigenvalue weighted by molar-refractivity contribution is 6.20. The molecule has 8 heteroatoms. The molecule has 2 N–H and O–H groups in total. The zero-order valence-corrected chi connectivity index (χ0v) is 17.5. The monoisotopic (exact) mass is 422 g/mol. The lowest BCUT2D eigenvalue weighted by Crippen LogP contribution is -2.21. The van der Waals surface area contributed by atoms with E-state index < -0.39 is 0 Å². The van der Waals surface area contributed by atoms with Crippen LogP contribution in [0.3, 0.4) is 0 Å². The Kier molecular flexibility index (Phi) is 4.92. The van der Waals surface area contributed by atoms with Crippen LogP contribution in [0.2, 0.25) is 0 Å². The van der Waals surface area contributed by atoms with E-state index in [-0.39, 0.29) is 5.38 Å². The molecule has 0 aliphatic carbocycles. The van der Waals surface area contributed by atoms with Crippen LogP contribution in [0.25, 0.3) is 28.0 Å². The molecule has 1 aliphatic rings. The van der Waals surface area contributed by atoms with E-state index in [1.54, 1.807) is 0 Å². The molecule has 0 saturated carbocycles. The SMILES string of the molecule is CC(Cl)c1cccc(-c2cc(-c3ccnn3C3CCOCC3)c3c(N)ncnn23)c1. The second kappa shape index (κ2) is 7.74. The number of nitrogens with zero attached hydrogens (tertiary/aromatic N) is 5. The quantitative estimate of drug-likeness (QED) is 0.490. The third-order valence-electron chi connectivity index (χ3n) is 5.71. The van der Waals surface area contributed by atoms with Crippen molar-refractivity contribution in [2.24, 2.45) is 0 Å². The van der Waals surface area contributed by atoms with Crippen LogP contribution in [0, 0.1) is 0 Å². The predicted molar refractivity (Wildman–Crippen MR) is 117 cm³/mol. The summed E-state index contributed by atoms with van der Waals surface area (Å²) in [7, 11) is 0. The third-order valence-corrected chi connectivity index (χ3v) is 5.96. The molecule has 1 unspecified atom stereocenters. The summed E-state index contributed by atoms with van der Waals surface area (Å²) >= 11 is 6.33. The number of hydrogen-bond donors (Lipinski definition) is 1. The summed E-state index contributed by atoms with van der Waals surface area (Å²) in [6.45, 7) is 3.47. The summed E-state index contributed by atoms with van der Waals surface area (Å²) in [5.41, 5.74) is 12.1. The lowest BCUT2D eigenvalue weighted by atomic mass is 10.1. The minimum Gasteiger partial charge on any atom is -0.382 e. The highest BCUT2D eigenvalue weighted by Gasteiger charge is 2.23. The first-order chi connectivity index (χ1) is 14.6. The number of benzene rings is 1. The number of fused-ring (bicyclic) bond motifs is 1. The molecule has 3 aromatic heterocycles. The maximum atomic E-state index is 6.33. The van der Waals surface area contributed by atoms with Gasteiger partial charge in [-0.1, -0.05) is 18.2 Å². The van der Waals surface area contributed by atoms with Crippen molar-refractivity contribution in [3.05, 3.63) is 54.5 Å². The molecule has 0 spiro atoms. The molecule has 1 aliphatic heterocycles. The highest BCUT2D eigenvalue weighted by atomic mass is 35.5. The summed E-state index contributed by atoms with van der Waals surface area (Å²) in [6, 6.07) is 12.6. The van der Waals surface area contributed by atoms with Crippen LogP contribution in [0.1, 0.15) is 36.7 Å². The van der Waals surface area contributed by atoms with Crippen molar-refractivity contribution in [1.82, 2.24) is 24.4 Å². The number of halogens is 1. The van der Waals surface area contributed by atoms with Crippen molar-refractivity contribution in [3.8, 4) is 22.5 Å². The first-order valence-electron chi connectivity index (χ1n) is 10.1. The van der Waals surface area contributed by atoms with Crippen molar-refractivity contribution in [2.75, 3.05) is 18.9 Å². The Hall–Kier alpha value is -2.90. The van der Waals surface area contributed by atoms with Gasteiger partial charge in [-0.2, -0.15) is 10.2 Å². The van der Waals surface area contributed by atoms with E-state index in [0.717, 1.165) is 59.7 Å². The molecule has 1 aromatic carbocycles. The van der Waals surface area contributed by atoms with Gasteiger partial charge in [-0.15, -0.1) is 11.6 Å². The number of nitrogen functional groups attached to an aromatic ring is 1. The predicted octanol–water partition coefficient (Wildman–Crippen LogP) is 4.49. The Morgan fingerprint density at radius 1 is 1.13 bits per heavy atom. The maximum absolute atomic E-state index is 6.33. The van der Waals surface area contributed by atoms with Crippen molar-refractivity contribution in [1.29, 1.82) is 0 Å². The van der Waals surface area contributed by atoms with Gasteiger partial charge in [0.25, 0.3) is 0 Å². The second-order valence-electron chi connectivity index (χ2n) is 7.59. The molecule has 4 heterocycles. The van der Waals surface area contributed by atoms with E-state index in [2.05, 4.69) is 38.1 Å². The van der Waals surface area contributed by atoms with Gasteiger partial charge in [0.15, 0.2) is 5.82 Å². The van der Waals surface area contributed by atoms with Gasteiger partial charge in [-0.25, -0.2) is 9.50 Å². The van der Waals surface area contributed by atoms with Crippen LogP contribution in [-0.4, -0.2) is 37.6 Å².